The van der Waals surface area contributed by atoms with Gasteiger partial charge in [-0.25, -0.2) is 0 Å². The summed E-state index contributed by atoms with van der Waals surface area (Å²) in [5.74, 6) is -0.227. The Bertz CT molecular complexity index is 111. The summed E-state index contributed by atoms with van der Waals surface area (Å²) in [6.07, 6.45) is 0. The lowest BCUT2D eigenvalue weighted by atomic mass is 10.2. The number of carbonyl (C=O) groups is 2. The van der Waals surface area contributed by atoms with E-state index in [-0.39, 0.29) is 11.3 Å². The zero-order valence-electron chi connectivity index (χ0n) is 9.50. The lowest BCUT2D eigenvalue weighted by Crippen LogP contribution is -1.90. The molecule has 0 aromatic carbocycles. The van der Waals surface area contributed by atoms with Gasteiger partial charge >= 0.3 is 0 Å². The van der Waals surface area contributed by atoms with Crippen LogP contribution in [0.1, 0.15) is 34.6 Å². The minimum Gasteiger partial charge on any atom is -0.481 e. The van der Waals surface area contributed by atoms with Gasteiger partial charge in [-0.15, -0.1) is 0 Å². The summed E-state index contributed by atoms with van der Waals surface area (Å²) in [6.45, 7) is 8.39. The Kier molecular flexibility index (Phi) is 29.7. The summed E-state index contributed by atoms with van der Waals surface area (Å²) < 4.78 is 0. The van der Waals surface area contributed by atoms with Crippen molar-refractivity contribution in [2.24, 2.45) is 5.92 Å². The SMILES string of the molecule is CC(=O)O.CC(C)=O.CC(C)CO.O. The maximum atomic E-state index is 9.44. The van der Waals surface area contributed by atoms with Crippen molar-refractivity contribution in [3.63, 3.8) is 0 Å². The molecule has 14 heavy (non-hydrogen) atoms. The van der Waals surface area contributed by atoms with E-state index in [1.807, 2.05) is 13.8 Å². The fraction of sp³-hybridized carbons (Fsp3) is 0.778. The number of aliphatic hydroxyl groups excluding tert-OH is 1. The van der Waals surface area contributed by atoms with Gasteiger partial charge in [0.15, 0.2) is 0 Å². The van der Waals surface area contributed by atoms with E-state index in [4.69, 9.17) is 15.0 Å². The van der Waals surface area contributed by atoms with Gasteiger partial charge < -0.3 is 20.5 Å². The van der Waals surface area contributed by atoms with E-state index in [1.165, 1.54) is 13.8 Å². The molecule has 0 spiro atoms. The van der Waals surface area contributed by atoms with Crippen LogP contribution in [-0.4, -0.2) is 34.0 Å². The van der Waals surface area contributed by atoms with Gasteiger partial charge in [0.25, 0.3) is 5.97 Å². The molecule has 0 rings (SSSR count). The van der Waals surface area contributed by atoms with Gasteiger partial charge in [0.2, 0.25) is 0 Å². The van der Waals surface area contributed by atoms with Crippen molar-refractivity contribution < 1.29 is 25.3 Å². The second-order valence-electron chi connectivity index (χ2n) is 3.00. The topological polar surface area (TPSA) is 106 Å². The van der Waals surface area contributed by atoms with Crippen LogP contribution in [0, 0.1) is 5.92 Å². The van der Waals surface area contributed by atoms with Crippen molar-refractivity contribution in [1.82, 2.24) is 0 Å². The molecule has 4 N–H and O–H groups in total. The molecule has 88 valence electrons. The highest BCUT2D eigenvalue weighted by Crippen LogP contribution is 1.83. The molecule has 0 aliphatic carbocycles. The number of carboxylic acid groups (broad SMARTS) is 1. The molecule has 0 aliphatic rings. The molecule has 5 heteroatoms. The number of aliphatic hydroxyl groups is 1. The number of Topliss-reactive ketones (excluding diaryl/α,β-unsaturated/α-hetero) is 1. The monoisotopic (exact) mass is 210 g/mol. The molecule has 0 bridgehead atoms. The Morgan fingerprint density at radius 2 is 1.21 bits per heavy atom. The third-order valence-corrected chi connectivity index (χ3v) is 0.365. The Hall–Kier alpha value is -0.940. The number of rotatable bonds is 1. The van der Waals surface area contributed by atoms with Gasteiger partial charge in [0.05, 0.1) is 0 Å². The van der Waals surface area contributed by atoms with E-state index in [2.05, 4.69) is 0 Å². The Balaban J connectivity index is -0.0000000522. The fourth-order valence-electron chi connectivity index (χ4n) is 0. The lowest BCUT2D eigenvalue weighted by Gasteiger charge is -1.90. The van der Waals surface area contributed by atoms with E-state index in [9.17, 15) is 4.79 Å². The van der Waals surface area contributed by atoms with E-state index in [1.54, 1.807) is 0 Å². The molecule has 0 saturated heterocycles. The summed E-state index contributed by atoms with van der Waals surface area (Å²) in [5.41, 5.74) is 0. The smallest absolute Gasteiger partial charge is 0.300 e. The van der Waals surface area contributed by atoms with Gasteiger partial charge in [-0.3, -0.25) is 4.79 Å². The lowest BCUT2D eigenvalue weighted by molar-refractivity contribution is -0.134. The van der Waals surface area contributed by atoms with Crippen LogP contribution in [0.5, 0.6) is 0 Å². The average Bonchev–Trinajstić information content (AvgIpc) is 1.84. The molecule has 0 fully saturated rings. The fourth-order valence-corrected chi connectivity index (χ4v) is 0. The summed E-state index contributed by atoms with van der Waals surface area (Å²) in [5, 5.41) is 15.6. The van der Waals surface area contributed by atoms with Crippen molar-refractivity contribution in [2.75, 3.05) is 6.61 Å². The molecular weight excluding hydrogens is 188 g/mol. The van der Waals surface area contributed by atoms with Crippen molar-refractivity contribution in [1.29, 1.82) is 0 Å². The van der Waals surface area contributed by atoms with Gasteiger partial charge in [-0.2, -0.15) is 0 Å². The first kappa shape index (κ1) is 23.1. The minimum absolute atomic E-state index is 0. The highest BCUT2D eigenvalue weighted by Gasteiger charge is 1.81. The van der Waals surface area contributed by atoms with E-state index < -0.39 is 5.97 Å². The molecule has 0 amide bonds. The van der Waals surface area contributed by atoms with Crippen LogP contribution >= 0.6 is 0 Å². The Labute approximate surface area is 85.1 Å². The molecule has 0 atom stereocenters. The number of hydrogen-bond donors (Lipinski definition) is 2. The number of ketones is 1. The molecule has 5 nitrogen and oxygen atoms in total. The molecule has 0 unspecified atom stereocenters. The first-order valence-corrected chi connectivity index (χ1v) is 4.01. The second-order valence-corrected chi connectivity index (χ2v) is 3.00. The highest BCUT2D eigenvalue weighted by molar-refractivity contribution is 5.72. The zero-order valence-corrected chi connectivity index (χ0v) is 9.50. The largest absolute Gasteiger partial charge is 0.481 e. The first-order chi connectivity index (χ1) is 5.73. The molecular formula is C9H22O5. The predicted molar refractivity (Wildman–Crippen MR) is 55.2 cm³/mol. The third-order valence-electron chi connectivity index (χ3n) is 0.365. The number of aliphatic carboxylic acids is 1. The highest BCUT2D eigenvalue weighted by atomic mass is 16.4. The summed E-state index contributed by atoms with van der Waals surface area (Å²) in [7, 11) is 0. The van der Waals surface area contributed by atoms with Crippen LogP contribution in [-0.2, 0) is 9.59 Å². The molecule has 0 aliphatic heterocycles. The number of carboxylic acids is 1. The van der Waals surface area contributed by atoms with Gasteiger partial charge in [0, 0.05) is 13.5 Å². The molecule has 0 radical (unpaired) electrons. The van der Waals surface area contributed by atoms with Crippen LogP contribution in [0.3, 0.4) is 0 Å². The van der Waals surface area contributed by atoms with Crippen molar-refractivity contribution in [3.8, 4) is 0 Å². The van der Waals surface area contributed by atoms with Crippen LogP contribution in [0.15, 0.2) is 0 Å². The van der Waals surface area contributed by atoms with Crippen molar-refractivity contribution in [3.05, 3.63) is 0 Å². The van der Waals surface area contributed by atoms with Crippen LogP contribution in [0.2, 0.25) is 0 Å². The van der Waals surface area contributed by atoms with E-state index in [0.717, 1.165) is 6.92 Å². The van der Waals surface area contributed by atoms with Crippen LogP contribution in [0.25, 0.3) is 0 Å². The summed E-state index contributed by atoms with van der Waals surface area (Å²) in [6, 6.07) is 0. The van der Waals surface area contributed by atoms with Gasteiger partial charge in [0.1, 0.15) is 5.78 Å². The van der Waals surface area contributed by atoms with Crippen LogP contribution < -0.4 is 0 Å². The van der Waals surface area contributed by atoms with E-state index >= 15 is 0 Å². The van der Waals surface area contributed by atoms with Crippen molar-refractivity contribution >= 4 is 11.8 Å². The molecule has 0 saturated carbocycles. The summed E-state index contributed by atoms with van der Waals surface area (Å²) >= 11 is 0. The zero-order chi connectivity index (χ0) is 11.4. The third kappa shape index (κ3) is 996. The second kappa shape index (κ2) is 18.0. The summed E-state index contributed by atoms with van der Waals surface area (Å²) in [4.78, 5) is 18.4. The molecule has 0 aromatic heterocycles. The number of carbonyl (C=O) groups excluding carboxylic acids is 1. The normalized spacial score (nSPS) is 7.07. The first-order valence-electron chi connectivity index (χ1n) is 4.01. The number of hydrogen-bond acceptors (Lipinski definition) is 3. The quantitative estimate of drug-likeness (QED) is 0.657. The maximum absolute atomic E-state index is 9.44. The Morgan fingerprint density at radius 3 is 1.21 bits per heavy atom. The molecule has 0 heterocycles. The molecule has 0 aromatic rings. The maximum Gasteiger partial charge on any atom is 0.300 e. The van der Waals surface area contributed by atoms with Crippen molar-refractivity contribution in [2.45, 2.75) is 34.6 Å². The minimum atomic E-state index is -0.833. The van der Waals surface area contributed by atoms with E-state index in [0.29, 0.717) is 12.5 Å². The standard InChI is InChI=1S/C4H10O.C3H6O.C2H4O2.H2O/c1-4(2)3-5;1-3(2)4;1-2(3)4;/h4-5H,3H2,1-2H3;1-2H3;1H3,(H,3,4);1H2. The predicted octanol–water partition coefficient (Wildman–Crippen LogP) is 0.496. The average molecular weight is 210 g/mol. The van der Waals surface area contributed by atoms with Crippen LogP contribution in [0.4, 0.5) is 0 Å². The Morgan fingerprint density at radius 1 is 1.14 bits per heavy atom. The van der Waals surface area contributed by atoms with Gasteiger partial charge in [-0.1, -0.05) is 13.8 Å². The van der Waals surface area contributed by atoms with Gasteiger partial charge in [-0.05, 0) is 19.8 Å².